The van der Waals surface area contributed by atoms with Gasteiger partial charge in [-0.25, -0.2) is 9.78 Å². The smallest absolute Gasteiger partial charge is 0.413 e. The molecule has 0 saturated heterocycles. The van der Waals surface area contributed by atoms with Gasteiger partial charge in [0, 0.05) is 11.4 Å². The number of ether oxygens (including phenoxy) is 2. The molecule has 2 aromatic rings. The molecule has 1 aliphatic carbocycles. The van der Waals surface area contributed by atoms with Crippen LogP contribution >= 0.6 is 22.9 Å². The Balaban J connectivity index is 1.96. The fourth-order valence-electron chi connectivity index (χ4n) is 2.15. The minimum Gasteiger partial charge on any atom is -0.474 e. The molecule has 1 aliphatic rings. The normalized spacial score (nSPS) is 14.3. The molecule has 0 radical (unpaired) electrons. The van der Waals surface area contributed by atoms with Crippen molar-refractivity contribution in [2.45, 2.75) is 45.8 Å². The lowest BCUT2D eigenvalue weighted by Gasteiger charge is -2.12. The van der Waals surface area contributed by atoms with Crippen LogP contribution in [-0.2, 0) is 0 Å². The quantitative estimate of drug-likeness (QED) is 0.869. The van der Waals surface area contributed by atoms with E-state index in [9.17, 15) is 4.79 Å². The van der Waals surface area contributed by atoms with Crippen molar-refractivity contribution in [1.82, 2.24) is 10.3 Å². The summed E-state index contributed by atoms with van der Waals surface area (Å²) in [5, 5.41) is 4.20. The monoisotopic (exact) mass is 355 g/mol. The largest absolute Gasteiger partial charge is 0.474 e. The van der Waals surface area contributed by atoms with Gasteiger partial charge in [-0.15, -0.1) is 0 Å². The lowest BCUT2D eigenvalue weighted by atomic mass is 10.2. The summed E-state index contributed by atoms with van der Waals surface area (Å²) in [6, 6.07) is 0.221. The number of hydrogen-bond donors (Lipinski definition) is 2. The van der Waals surface area contributed by atoms with Gasteiger partial charge in [0.2, 0.25) is 10.9 Å². The van der Waals surface area contributed by atoms with E-state index in [-0.39, 0.29) is 12.1 Å². The second-order valence-corrected chi connectivity index (χ2v) is 7.15. The van der Waals surface area contributed by atoms with Crippen molar-refractivity contribution in [1.29, 1.82) is 0 Å². The number of thiophene rings is 1. The standard InChI is InChI=1S/C15H18ClN3O3S/c1-6(2)21-12-10(16)7(3)9-11(17)14(23-13(9)19-12)22-15(20)18-8-4-5-8/h6,8H,4-5,17H2,1-3H3,(H,18,20). The van der Waals surface area contributed by atoms with E-state index in [4.69, 9.17) is 26.8 Å². The van der Waals surface area contributed by atoms with Crippen molar-refractivity contribution in [2.75, 3.05) is 5.73 Å². The molecule has 1 fully saturated rings. The van der Waals surface area contributed by atoms with E-state index in [0.717, 1.165) is 18.4 Å². The van der Waals surface area contributed by atoms with E-state index in [1.165, 1.54) is 11.3 Å². The van der Waals surface area contributed by atoms with Crippen LogP contribution in [0.1, 0.15) is 32.3 Å². The van der Waals surface area contributed by atoms with Crippen LogP contribution < -0.4 is 20.5 Å². The summed E-state index contributed by atoms with van der Waals surface area (Å²) in [7, 11) is 0. The molecular weight excluding hydrogens is 338 g/mol. The third-order valence-corrected chi connectivity index (χ3v) is 4.84. The molecule has 3 rings (SSSR count). The summed E-state index contributed by atoms with van der Waals surface area (Å²) in [5.74, 6) is 0.363. The number of nitrogens with one attached hydrogen (secondary N) is 1. The summed E-state index contributed by atoms with van der Waals surface area (Å²) in [6.45, 7) is 5.64. The molecule has 0 bridgehead atoms. The number of amides is 1. The number of aryl methyl sites for hydroxylation is 1. The van der Waals surface area contributed by atoms with Gasteiger partial charge >= 0.3 is 6.09 Å². The molecule has 0 atom stereocenters. The molecule has 1 amide bonds. The van der Waals surface area contributed by atoms with Crippen LogP contribution in [0.3, 0.4) is 0 Å². The number of rotatable bonds is 4. The molecule has 0 aromatic carbocycles. The molecule has 6 nitrogen and oxygen atoms in total. The second-order valence-electron chi connectivity index (χ2n) is 5.81. The molecular formula is C15H18ClN3O3S. The lowest BCUT2D eigenvalue weighted by molar-refractivity contribution is 0.201. The average molecular weight is 356 g/mol. The maximum Gasteiger partial charge on any atom is 0.413 e. The number of hydrogen-bond acceptors (Lipinski definition) is 6. The van der Waals surface area contributed by atoms with Crippen LogP contribution in [-0.4, -0.2) is 23.2 Å². The van der Waals surface area contributed by atoms with Crippen molar-refractivity contribution in [3.8, 4) is 10.9 Å². The number of carbonyl (C=O) groups is 1. The number of aromatic nitrogens is 1. The van der Waals surface area contributed by atoms with Crippen molar-refractivity contribution < 1.29 is 14.3 Å². The van der Waals surface area contributed by atoms with Crippen molar-refractivity contribution in [2.24, 2.45) is 0 Å². The summed E-state index contributed by atoms with van der Waals surface area (Å²) in [4.78, 5) is 16.8. The Labute approximate surface area is 142 Å². The highest BCUT2D eigenvalue weighted by Crippen LogP contribution is 2.44. The van der Waals surface area contributed by atoms with E-state index in [1.807, 2.05) is 20.8 Å². The Kier molecular flexibility index (Phi) is 4.25. The summed E-state index contributed by atoms with van der Waals surface area (Å²) < 4.78 is 10.9. The Morgan fingerprint density at radius 1 is 1.48 bits per heavy atom. The first-order valence-electron chi connectivity index (χ1n) is 7.40. The first-order chi connectivity index (χ1) is 10.9. The first-order valence-corrected chi connectivity index (χ1v) is 8.59. The Morgan fingerprint density at radius 2 is 2.17 bits per heavy atom. The fourth-order valence-corrected chi connectivity index (χ4v) is 3.33. The van der Waals surface area contributed by atoms with Crippen LogP contribution in [0.5, 0.6) is 10.9 Å². The van der Waals surface area contributed by atoms with Crippen LogP contribution in [0.4, 0.5) is 10.5 Å². The molecule has 23 heavy (non-hydrogen) atoms. The molecule has 124 valence electrons. The first kappa shape index (κ1) is 16.1. The number of anilines is 1. The Hall–Kier alpha value is -1.73. The van der Waals surface area contributed by atoms with Crippen LogP contribution in [0, 0.1) is 6.92 Å². The van der Waals surface area contributed by atoms with Crippen molar-refractivity contribution in [3.05, 3.63) is 10.6 Å². The molecule has 1 saturated carbocycles. The highest BCUT2D eigenvalue weighted by molar-refractivity contribution is 7.21. The number of nitrogen functional groups attached to an aromatic ring is 1. The number of halogens is 1. The van der Waals surface area contributed by atoms with E-state index >= 15 is 0 Å². The molecule has 8 heteroatoms. The number of nitrogens with two attached hydrogens (primary N) is 1. The van der Waals surface area contributed by atoms with Gasteiger partial charge in [-0.2, -0.15) is 0 Å². The van der Waals surface area contributed by atoms with Crippen molar-refractivity contribution in [3.63, 3.8) is 0 Å². The van der Waals surface area contributed by atoms with E-state index in [0.29, 0.717) is 31.9 Å². The van der Waals surface area contributed by atoms with E-state index in [1.54, 1.807) is 0 Å². The van der Waals surface area contributed by atoms with Crippen molar-refractivity contribution >= 4 is 44.9 Å². The van der Waals surface area contributed by atoms with Crippen LogP contribution in [0.25, 0.3) is 10.2 Å². The fraction of sp³-hybridized carbons (Fsp3) is 0.467. The molecule has 2 aromatic heterocycles. The molecule has 0 spiro atoms. The lowest BCUT2D eigenvalue weighted by Crippen LogP contribution is -2.28. The third-order valence-electron chi connectivity index (χ3n) is 3.42. The van der Waals surface area contributed by atoms with Gasteiger partial charge in [-0.05, 0) is 39.2 Å². The van der Waals surface area contributed by atoms with Crippen LogP contribution in [0.15, 0.2) is 0 Å². The predicted octanol–water partition coefficient (Wildman–Crippen LogP) is 3.88. The highest BCUT2D eigenvalue weighted by Gasteiger charge is 2.26. The predicted molar refractivity (Wildman–Crippen MR) is 91.7 cm³/mol. The third kappa shape index (κ3) is 3.30. The van der Waals surface area contributed by atoms with Gasteiger partial charge < -0.3 is 20.5 Å². The zero-order chi connectivity index (χ0) is 16.7. The van der Waals surface area contributed by atoms with Gasteiger partial charge in [0.25, 0.3) is 0 Å². The minimum absolute atomic E-state index is 0.0470. The number of pyridine rings is 1. The molecule has 3 N–H and O–H groups in total. The summed E-state index contributed by atoms with van der Waals surface area (Å²) >= 11 is 7.53. The number of carbonyl (C=O) groups excluding carboxylic acids is 1. The maximum absolute atomic E-state index is 11.8. The number of fused-ring (bicyclic) bond motifs is 1. The Morgan fingerprint density at radius 3 is 2.78 bits per heavy atom. The van der Waals surface area contributed by atoms with Gasteiger partial charge in [-0.3, -0.25) is 0 Å². The second kappa shape index (κ2) is 6.05. The highest BCUT2D eigenvalue weighted by atomic mass is 35.5. The van der Waals surface area contributed by atoms with E-state index < -0.39 is 6.09 Å². The van der Waals surface area contributed by atoms with Crippen LogP contribution in [0.2, 0.25) is 5.02 Å². The number of nitrogens with zero attached hydrogens (tertiary/aromatic N) is 1. The zero-order valence-corrected chi connectivity index (χ0v) is 14.7. The van der Waals surface area contributed by atoms with Gasteiger partial charge in [-0.1, -0.05) is 22.9 Å². The molecule has 0 unspecified atom stereocenters. The Bertz CT molecular complexity index is 771. The zero-order valence-electron chi connectivity index (χ0n) is 13.1. The SMILES string of the molecule is Cc1c(Cl)c(OC(C)C)nc2sc(OC(=O)NC3CC3)c(N)c12. The molecule has 0 aliphatic heterocycles. The maximum atomic E-state index is 11.8. The van der Waals surface area contributed by atoms with Gasteiger partial charge in [0.15, 0.2) is 0 Å². The summed E-state index contributed by atoms with van der Waals surface area (Å²) in [6.07, 6.45) is 1.44. The van der Waals surface area contributed by atoms with E-state index in [2.05, 4.69) is 10.3 Å². The molecule has 2 heterocycles. The minimum atomic E-state index is -0.492. The summed E-state index contributed by atoms with van der Waals surface area (Å²) in [5.41, 5.74) is 7.26. The topological polar surface area (TPSA) is 86.5 Å². The average Bonchev–Trinajstić information content (AvgIpc) is 3.21. The van der Waals surface area contributed by atoms with Gasteiger partial charge in [0.1, 0.15) is 9.85 Å². The van der Waals surface area contributed by atoms with Gasteiger partial charge in [0.05, 0.1) is 11.8 Å².